The molecule has 1 unspecified atom stereocenters. The van der Waals surface area contributed by atoms with Crippen LogP contribution in [0.3, 0.4) is 0 Å². The molecule has 0 fully saturated rings. The zero-order valence-corrected chi connectivity index (χ0v) is 12.2. The maximum absolute atomic E-state index is 11.3. The van der Waals surface area contributed by atoms with Gasteiger partial charge in [-0.1, -0.05) is 19.1 Å². The molecular formula is C14H18O4S. The Balaban J connectivity index is 2.42. The number of thioether (sulfide) groups is 1. The van der Waals surface area contributed by atoms with E-state index in [1.165, 1.54) is 14.2 Å². The van der Waals surface area contributed by atoms with Crippen molar-refractivity contribution < 1.29 is 19.1 Å². The average molecular weight is 282 g/mol. The summed E-state index contributed by atoms with van der Waals surface area (Å²) in [6.45, 7) is 1.85. The van der Waals surface area contributed by atoms with E-state index in [1.807, 2.05) is 19.1 Å². The number of methoxy groups -OCH3 is 2. The van der Waals surface area contributed by atoms with E-state index in [0.717, 1.165) is 11.3 Å². The fourth-order valence-corrected chi connectivity index (χ4v) is 2.51. The molecule has 1 aromatic rings. The van der Waals surface area contributed by atoms with Crippen LogP contribution in [-0.4, -0.2) is 31.9 Å². The molecule has 0 N–H and O–H groups in total. The summed E-state index contributed by atoms with van der Waals surface area (Å²) < 4.78 is 9.30. The molecule has 0 saturated carbocycles. The summed E-state index contributed by atoms with van der Waals surface area (Å²) >= 11 is 1.66. The molecule has 0 heterocycles. The van der Waals surface area contributed by atoms with Crippen LogP contribution in [0.15, 0.2) is 24.3 Å². The van der Waals surface area contributed by atoms with E-state index in [0.29, 0.717) is 11.3 Å². The van der Waals surface area contributed by atoms with Crippen LogP contribution in [0.25, 0.3) is 0 Å². The summed E-state index contributed by atoms with van der Waals surface area (Å²) in [5, 5.41) is 0. The van der Waals surface area contributed by atoms with E-state index < -0.39 is 0 Å². The average Bonchev–Trinajstić information content (AvgIpc) is 2.46. The monoisotopic (exact) mass is 282 g/mol. The van der Waals surface area contributed by atoms with Crippen LogP contribution >= 0.6 is 11.8 Å². The molecule has 19 heavy (non-hydrogen) atoms. The van der Waals surface area contributed by atoms with Gasteiger partial charge in [-0.15, -0.1) is 0 Å². The minimum absolute atomic E-state index is 0.107. The molecule has 0 saturated heterocycles. The van der Waals surface area contributed by atoms with E-state index in [1.54, 1.807) is 23.9 Å². The molecule has 0 aliphatic rings. The molecule has 0 bridgehead atoms. The number of benzene rings is 1. The van der Waals surface area contributed by atoms with Gasteiger partial charge in [0.1, 0.15) is 0 Å². The largest absolute Gasteiger partial charge is 0.469 e. The van der Waals surface area contributed by atoms with Crippen LogP contribution in [0, 0.1) is 5.92 Å². The Labute approximate surface area is 117 Å². The highest BCUT2D eigenvalue weighted by molar-refractivity contribution is 7.98. The highest BCUT2D eigenvalue weighted by atomic mass is 32.2. The summed E-state index contributed by atoms with van der Waals surface area (Å²) in [6.07, 6.45) is 0. The Morgan fingerprint density at radius 3 is 2.32 bits per heavy atom. The van der Waals surface area contributed by atoms with Crippen LogP contribution in [0.4, 0.5) is 0 Å². The Kier molecular flexibility index (Phi) is 6.42. The Hall–Kier alpha value is -1.49. The molecule has 0 radical (unpaired) electrons. The minimum atomic E-state index is -0.335. The van der Waals surface area contributed by atoms with Gasteiger partial charge in [-0.05, 0) is 17.7 Å². The van der Waals surface area contributed by atoms with Crippen molar-refractivity contribution in [2.24, 2.45) is 5.92 Å². The van der Waals surface area contributed by atoms with Crippen LogP contribution in [0.2, 0.25) is 0 Å². The molecular weight excluding hydrogens is 264 g/mol. The molecule has 5 heteroatoms. The van der Waals surface area contributed by atoms with Gasteiger partial charge in [-0.3, -0.25) is 4.79 Å². The maximum Gasteiger partial charge on any atom is 0.337 e. The zero-order valence-electron chi connectivity index (χ0n) is 11.3. The Bertz CT molecular complexity index is 428. The smallest absolute Gasteiger partial charge is 0.337 e. The molecule has 1 rings (SSSR count). The van der Waals surface area contributed by atoms with Gasteiger partial charge < -0.3 is 9.47 Å². The first-order chi connectivity index (χ1) is 9.08. The van der Waals surface area contributed by atoms with Crippen molar-refractivity contribution in [2.75, 3.05) is 20.0 Å². The molecule has 0 aromatic heterocycles. The van der Waals surface area contributed by atoms with Crippen LogP contribution < -0.4 is 0 Å². The number of rotatable bonds is 6. The second-order valence-electron chi connectivity index (χ2n) is 4.13. The Morgan fingerprint density at radius 1 is 1.16 bits per heavy atom. The summed E-state index contributed by atoms with van der Waals surface area (Å²) in [5.41, 5.74) is 1.65. The van der Waals surface area contributed by atoms with Gasteiger partial charge >= 0.3 is 11.9 Å². The third kappa shape index (κ3) is 4.95. The summed E-state index contributed by atoms with van der Waals surface area (Å²) in [7, 11) is 2.76. The first-order valence-corrected chi connectivity index (χ1v) is 7.06. The van der Waals surface area contributed by atoms with Crippen molar-refractivity contribution in [2.45, 2.75) is 12.7 Å². The molecule has 1 aromatic carbocycles. The van der Waals surface area contributed by atoms with E-state index >= 15 is 0 Å². The minimum Gasteiger partial charge on any atom is -0.469 e. The molecule has 0 amide bonds. The van der Waals surface area contributed by atoms with Crippen LogP contribution in [0.1, 0.15) is 22.8 Å². The topological polar surface area (TPSA) is 52.6 Å². The van der Waals surface area contributed by atoms with Crippen molar-refractivity contribution >= 4 is 23.7 Å². The standard InChI is InChI=1S/C14H18O4S/c1-10(13(15)17-2)8-19-9-11-4-6-12(7-5-11)14(16)18-3/h4-7,10H,8-9H2,1-3H3. The Morgan fingerprint density at radius 2 is 1.79 bits per heavy atom. The van der Waals surface area contributed by atoms with Gasteiger partial charge in [0.15, 0.2) is 0 Å². The fraction of sp³-hybridized carbons (Fsp3) is 0.429. The highest BCUT2D eigenvalue weighted by Crippen LogP contribution is 2.17. The summed E-state index contributed by atoms with van der Waals surface area (Å²) in [6, 6.07) is 7.26. The predicted molar refractivity (Wildman–Crippen MR) is 75.1 cm³/mol. The lowest BCUT2D eigenvalue weighted by molar-refractivity contribution is -0.144. The third-order valence-electron chi connectivity index (χ3n) is 2.62. The lowest BCUT2D eigenvalue weighted by Gasteiger charge is -2.08. The van der Waals surface area contributed by atoms with E-state index in [2.05, 4.69) is 9.47 Å². The van der Waals surface area contributed by atoms with Gasteiger partial charge in [0.05, 0.1) is 25.7 Å². The zero-order chi connectivity index (χ0) is 14.3. The summed E-state index contributed by atoms with van der Waals surface area (Å²) in [5.74, 6) is 0.880. The van der Waals surface area contributed by atoms with Crippen molar-refractivity contribution in [3.05, 3.63) is 35.4 Å². The maximum atomic E-state index is 11.3. The van der Waals surface area contributed by atoms with Crippen molar-refractivity contribution in [3.8, 4) is 0 Å². The molecule has 0 aliphatic heterocycles. The van der Waals surface area contributed by atoms with Crippen molar-refractivity contribution in [3.63, 3.8) is 0 Å². The van der Waals surface area contributed by atoms with Crippen LogP contribution in [-0.2, 0) is 20.0 Å². The summed E-state index contributed by atoms with van der Waals surface area (Å²) in [4.78, 5) is 22.5. The SMILES string of the molecule is COC(=O)c1ccc(CSCC(C)C(=O)OC)cc1. The van der Waals surface area contributed by atoms with Gasteiger partial charge in [0, 0.05) is 11.5 Å². The number of carbonyl (C=O) groups is 2. The van der Waals surface area contributed by atoms with E-state index in [4.69, 9.17) is 0 Å². The quantitative estimate of drug-likeness (QED) is 0.750. The second-order valence-corrected chi connectivity index (χ2v) is 5.16. The molecule has 1 atom stereocenters. The molecule has 104 valence electrons. The van der Waals surface area contributed by atoms with E-state index in [9.17, 15) is 9.59 Å². The lowest BCUT2D eigenvalue weighted by Crippen LogP contribution is -2.14. The number of esters is 2. The number of carbonyl (C=O) groups excluding carboxylic acids is 2. The van der Waals surface area contributed by atoms with Crippen molar-refractivity contribution in [1.29, 1.82) is 0 Å². The number of hydrogen-bond donors (Lipinski definition) is 0. The molecule has 0 aliphatic carbocycles. The van der Waals surface area contributed by atoms with Gasteiger partial charge in [-0.2, -0.15) is 11.8 Å². The van der Waals surface area contributed by atoms with Crippen molar-refractivity contribution in [1.82, 2.24) is 0 Å². The fourth-order valence-electron chi connectivity index (χ4n) is 1.48. The first-order valence-electron chi connectivity index (χ1n) is 5.91. The predicted octanol–water partition coefficient (Wildman–Crippen LogP) is 2.52. The second kappa shape index (κ2) is 7.84. The number of hydrogen-bond acceptors (Lipinski definition) is 5. The lowest BCUT2D eigenvalue weighted by atomic mass is 10.1. The number of ether oxygens (including phenoxy) is 2. The van der Waals surface area contributed by atoms with Gasteiger partial charge in [0.25, 0.3) is 0 Å². The third-order valence-corrected chi connectivity index (χ3v) is 3.89. The highest BCUT2D eigenvalue weighted by Gasteiger charge is 2.12. The van der Waals surface area contributed by atoms with E-state index in [-0.39, 0.29) is 17.9 Å². The first kappa shape index (κ1) is 15.6. The van der Waals surface area contributed by atoms with Gasteiger partial charge in [-0.25, -0.2) is 4.79 Å². The van der Waals surface area contributed by atoms with Crippen LogP contribution in [0.5, 0.6) is 0 Å². The molecule has 0 spiro atoms. The molecule has 4 nitrogen and oxygen atoms in total. The van der Waals surface area contributed by atoms with Gasteiger partial charge in [0.2, 0.25) is 0 Å². The normalized spacial score (nSPS) is 11.7.